The van der Waals surface area contributed by atoms with Crippen LogP contribution in [0.5, 0.6) is 0 Å². The van der Waals surface area contributed by atoms with Gasteiger partial charge in [-0.25, -0.2) is 0 Å². The lowest BCUT2D eigenvalue weighted by molar-refractivity contribution is -0.0552. The van der Waals surface area contributed by atoms with Crippen molar-refractivity contribution in [3.8, 4) is 0 Å². The van der Waals surface area contributed by atoms with Crippen molar-refractivity contribution in [2.45, 2.75) is 44.8 Å². The molecule has 1 N–H and O–H groups in total. The van der Waals surface area contributed by atoms with Crippen LogP contribution in [0.25, 0.3) is 0 Å². The molecule has 4 nitrogen and oxygen atoms in total. The zero-order valence-corrected chi connectivity index (χ0v) is 12.6. The summed E-state index contributed by atoms with van der Waals surface area (Å²) in [6, 6.07) is 0. The quantitative estimate of drug-likeness (QED) is 0.929. The normalized spacial score (nSPS) is 28.6. The average Bonchev–Trinajstić information content (AvgIpc) is 2.72. The highest BCUT2D eigenvalue weighted by Crippen LogP contribution is 2.43. The fraction of sp³-hybridized carbons (Fsp3) is 0.769. The minimum absolute atomic E-state index is 0.264. The molecule has 2 unspecified atom stereocenters. The van der Waals surface area contributed by atoms with E-state index in [4.69, 9.17) is 4.74 Å². The Kier molecular flexibility index (Phi) is 4.45. The summed E-state index contributed by atoms with van der Waals surface area (Å²) in [7, 11) is 1.68. The van der Waals surface area contributed by atoms with Crippen LogP contribution >= 0.6 is 15.9 Å². The van der Waals surface area contributed by atoms with E-state index in [1.165, 1.54) is 6.42 Å². The molecule has 0 aromatic carbocycles. The minimum Gasteiger partial charge on any atom is -0.383 e. The molecule has 0 radical (unpaired) electrons. The van der Waals surface area contributed by atoms with E-state index in [1.807, 2.05) is 4.68 Å². The third-order valence-electron chi connectivity index (χ3n) is 3.97. The van der Waals surface area contributed by atoms with Crippen molar-refractivity contribution in [1.29, 1.82) is 0 Å². The first kappa shape index (κ1) is 14.0. The van der Waals surface area contributed by atoms with Crippen LogP contribution in [0, 0.1) is 5.92 Å². The fourth-order valence-electron chi connectivity index (χ4n) is 2.82. The van der Waals surface area contributed by atoms with Crippen LogP contribution in [0.4, 0.5) is 0 Å². The standard InChI is InChI=1S/C13H21BrN2O2/c1-10-5-3-4-6-13(10,17)12-11(14)9-15-16(12)7-8-18-2/h9-10,17H,3-8H2,1-2H3. The van der Waals surface area contributed by atoms with Gasteiger partial charge in [0, 0.05) is 7.11 Å². The lowest BCUT2D eigenvalue weighted by atomic mass is 9.74. The second-order valence-corrected chi connectivity index (χ2v) is 5.98. The molecule has 1 aromatic heterocycles. The molecule has 0 spiro atoms. The van der Waals surface area contributed by atoms with Gasteiger partial charge in [-0.2, -0.15) is 5.10 Å². The van der Waals surface area contributed by atoms with E-state index >= 15 is 0 Å². The predicted molar refractivity (Wildman–Crippen MR) is 73.3 cm³/mol. The highest BCUT2D eigenvalue weighted by atomic mass is 79.9. The van der Waals surface area contributed by atoms with Gasteiger partial charge in [0.05, 0.1) is 29.5 Å². The van der Waals surface area contributed by atoms with Gasteiger partial charge in [0.1, 0.15) is 5.60 Å². The van der Waals surface area contributed by atoms with Gasteiger partial charge in [0.25, 0.3) is 0 Å². The molecule has 1 fully saturated rings. The van der Waals surface area contributed by atoms with E-state index in [0.717, 1.165) is 29.4 Å². The van der Waals surface area contributed by atoms with Crippen molar-refractivity contribution in [3.63, 3.8) is 0 Å². The van der Waals surface area contributed by atoms with Gasteiger partial charge >= 0.3 is 0 Å². The number of rotatable bonds is 4. The van der Waals surface area contributed by atoms with E-state index in [9.17, 15) is 5.11 Å². The molecule has 5 heteroatoms. The SMILES string of the molecule is COCCn1ncc(Br)c1C1(O)CCCCC1C. The lowest BCUT2D eigenvalue weighted by Crippen LogP contribution is -2.39. The maximum atomic E-state index is 11.0. The Morgan fingerprint density at radius 2 is 2.39 bits per heavy atom. The second kappa shape index (κ2) is 5.72. The number of ether oxygens (including phenoxy) is 1. The molecular weight excluding hydrogens is 296 g/mol. The zero-order chi connectivity index (χ0) is 13.2. The van der Waals surface area contributed by atoms with Crippen molar-refractivity contribution >= 4 is 15.9 Å². The van der Waals surface area contributed by atoms with Crippen molar-refractivity contribution in [2.24, 2.45) is 5.92 Å². The van der Waals surface area contributed by atoms with E-state index in [1.54, 1.807) is 13.3 Å². The van der Waals surface area contributed by atoms with Crippen molar-refractivity contribution in [3.05, 3.63) is 16.4 Å². The molecule has 1 heterocycles. The highest BCUT2D eigenvalue weighted by Gasteiger charge is 2.41. The summed E-state index contributed by atoms with van der Waals surface area (Å²) in [5, 5.41) is 15.4. The van der Waals surface area contributed by atoms with Crippen LogP contribution in [0.2, 0.25) is 0 Å². The van der Waals surface area contributed by atoms with E-state index in [-0.39, 0.29) is 5.92 Å². The number of nitrogens with zero attached hydrogens (tertiary/aromatic N) is 2. The Morgan fingerprint density at radius 3 is 3.06 bits per heavy atom. The third kappa shape index (κ3) is 2.49. The summed E-state index contributed by atoms with van der Waals surface area (Å²) < 4.78 is 7.87. The Morgan fingerprint density at radius 1 is 1.61 bits per heavy atom. The molecule has 2 rings (SSSR count). The van der Waals surface area contributed by atoms with Crippen LogP contribution < -0.4 is 0 Å². The first-order valence-corrected chi connectivity index (χ1v) is 7.32. The highest BCUT2D eigenvalue weighted by molar-refractivity contribution is 9.10. The zero-order valence-electron chi connectivity index (χ0n) is 11.0. The number of aromatic nitrogens is 2. The number of halogens is 1. The molecule has 2 atom stereocenters. The van der Waals surface area contributed by atoms with Crippen LogP contribution in [0.1, 0.15) is 38.3 Å². The Labute approximate surface area is 116 Å². The Bertz CT molecular complexity index is 408. The maximum Gasteiger partial charge on any atom is 0.110 e. The van der Waals surface area contributed by atoms with Crippen LogP contribution in [-0.4, -0.2) is 28.6 Å². The molecule has 1 aromatic rings. The second-order valence-electron chi connectivity index (χ2n) is 5.13. The molecule has 1 aliphatic carbocycles. The Hall–Kier alpha value is -0.390. The van der Waals surface area contributed by atoms with Gasteiger partial charge in [0.2, 0.25) is 0 Å². The topological polar surface area (TPSA) is 47.3 Å². The maximum absolute atomic E-state index is 11.0. The van der Waals surface area contributed by atoms with Crippen molar-refractivity contribution < 1.29 is 9.84 Å². The number of methoxy groups -OCH3 is 1. The summed E-state index contributed by atoms with van der Waals surface area (Å²) in [5.74, 6) is 0.264. The largest absolute Gasteiger partial charge is 0.383 e. The van der Waals surface area contributed by atoms with E-state index in [0.29, 0.717) is 13.2 Å². The summed E-state index contributed by atoms with van der Waals surface area (Å²) in [5.41, 5.74) is 0.146. The molecule has 0 bridgehead atoms. The van der Waals surface area contributed by atoms with Gasteiger partial charge in [0.15, 0.2) is 0 Å². The molecule has 0 amide bonds. The van der Waals surface area contributed by atoms with Crippen LogP contribution in [0.3, 0.4) is 0 Å². The molecular formula is C13H21BrN2O2. The third-order valence-corrected chi connectivity index (χ3v) is 4.55. The first-order chi connectivity index (χ1) is 8.59. The lowest BCUT2D eigenvalue weighted by Gasteiger charge is -2.38. The minimum atomic E-state index is -0.763. The van der Waals surface area contributed by atoms with Crippen LogP contribution in [0.15, 0.2) is 10.7 Å². The summed E-state index contributed by atoms with van der Waals surface area (Å²) >= 11 is 3.52. The smallest absolute Gasteiger partial charge is 0.110 e. The fourth-order valence-corrected chi connectivity index (χ4v) is 3.46. The molecule has 0 aliphatic heterocycles. The van der Waals surface area contributed by atoms with Crippen LogP contribution in [-0.2, 0) is 16.9 Å². The number of hydrogen-bond acceptors (Lipinski definition) is 3. The molecule has 1 aliphatic rings. The molecule has 1 saturated carbocycles. The predicted octanol–water partition coefficient (Wildman–Crippen LogP) is 2.69. The van der Waals surface area contributed by atoms with Crippen molar-refractivity contribution in [2.75, 3.05) is 13.7 Å². The number of hydrogen-bond donors (Lipinski definition) is 1. The van der Waals surface area contributed by atoms with Gasteiger partial charge in [-0.15, -0.1) is 0 Å². The van der Waals surface area contributed by atoms with Gasteiger partial charge < -0.3 is 9.84 Å². The summed E-state index contributed by atoms with van der Waals surface area (Å²) in [4.78, 5) is 0. The van der Waals surface area contributed by atoms with Gasteiger partial charge in [-0.05, 0) is 34.7 Å². The van der Waals surface area contributed by atoms with E-state index in [2.05, 4.69) is 28.0 Å². The number of aliphatic hydroxyl groups is 1. The van der Waals surface area contributed by atoms with E-state index < -0.39 is 5.60 Å². The summed E-state index contributed by atoms with van der Waals surface area (Å²) in [6.45, 7) is 3.40. The Balaban J connectivity index is 2.32. The van der Waals surface area contributed by atoms with Crippen molar-refractivity contribution in [1.82, 2.24) is 9.78 Å². The first-order valence-electron chi connectivity index (χ1n) is 6.52. The van der Waals surface area contributed by atoms with Gasteiger partial charge in [-0.1, -0.05) is 19.8 Å². The monoisotopic (exact) mass is 316 g/mol. The molecule has 102 valence electrons. The molecule has 0 saturated heterocycles. The van der Waals surface area contributed by atoms with Gasteiger partial charge in [-0.3, -0.25) is 4.68 Å². The average molecular weight is 317 g/mol. The summed E-state index contributed by atoms with van der Waals surface area (Å²) in [6.07, 6.45) is 5.92. The molecule has 18 heavy (non-hydrogen) atoms.